The van der Waals surface area contributed by atoms with Crippen molar-refractivity contribution in [3.05, 3.63) is 0 Å². The van der Waals surface area contributed by atoms with Crippen molar-refractivity contribution in [2.45, 2.75) is 45.1 Å². The third-order valence-electron chi connectivity index (χ3n) is 3.26. The summed E-state index contributed by atoms with van der Waals surface area (Å²) in [6.07, 6.45) is 3.38. The molecule has 1 atom stereocenters. The molecule has 0 aromatic carbocycles. The molecule has 0 aromatic rings. The molecule has 0 bridgehead atoms. The minimum absolute atomic E-state index is 0.0335. The standard InChI is InChI=1S/C13H23N3O4/c1-2-5-10(12(18)19)15-13(20)14-7-6-11(17)16-8-3-4-9-16/h10H,2-9H2,1H3,(H,18,19)(H2,14,15,20). The Balaban J connectivity index is 2.21. The maximum absolute atomic E-state index is 11.7. The highest BCUT2D eigenvalue weighted by atomic mass is 16.4. The zero-order valence-corrected chi connectivity index (χ0v) is 11.9. The molecule has 7 heteroatoms. The number of hydrogen-bond acceptors (Lipinski definition) is 3. The van der Waals surface area contributed by atoms with Gasteiger partial charge in [-0.15, -0.1) is 0 Å². The van der Waals surface area contributed by atoms with E-state index in [0.29, 0.717) is 12.8 Å². The molecule has 1 rings (SSSR count). The van der Waals surface area contributed by atoms with Gasteiger partial charge in [0.25, 0.3) is 0 Å². The molecule has 0 radical (unpaired) electrons. The topological polar surface area (TPSA) is 98.7 Å². The maximum atomic E-state index is 11.7. The molecule has 3 N–H and O–H groups in total. The smallest absolute Gasteiger partial charge is 0.326 e. The van der Waals surface area contributed by atoms with Gasteiger partial charge in [-0.3, -0.25) is 4.79 Å². The third-order valence-corrected chi connectivity index (χ3v) is 3.26. The van der Waals surface area contributed by atoms with Crippen molar-refractivity contribution in [1.82, 2.24) is 15.5 Å². The molecular formula is C13H23N3O4. The van der Waals surface area contributed by atoms with E-state index in [1.165, 1.54) is 0 Å². The predicted octanol–water partition coefficient (Wildman–Crippen LogP) is 0.551. The Morgan fingerprint density at radius 1 is 1.25 bits per heavy atom. The monoisotopic (exact) mass is 285 g/mol. The van der Waals surface area contributed by atoms with Crippen LogP contribution < -0.4 is 10.6 Å². The highest BCUT2D eigenvalue weighted by molar-refractivity contribution is 5.83. The first-order valence-corrected chi connectivity index (χ1v) is 7.09. The van der Waals surface area contributed by atoms with Crippen molar-refractivity contribution in [3.63, 3.8) is 0 Å². The lowest BCUT2D eigenvalue weighted by Crippen LogP contribution is -2.46. The molecule has 114 valence electrons. The maximum Gasteiger partial charge on any atom is 0.326 e. The van der Waals surface area contributed by atoms with Crippen molar-refractivity contribution in [1.29, 1.82) is 0 Å². The minimum atomic E-state index is -1.05. The number of carbonyl (C=O) groups excluding carboxylic acids is 2. The van der Waals surface area contributed by atoms with E-state index in [9.17, 15) is 14.4 Å². The summed E-state index contributed by atoms with van der Waals surface area (Å²) in [5.41, 5.74) is 0. The van der Waals surface area contributed by atoms with E-state index in [1.54, 1.807) is 4.90 Å². The van der Waals surface area contributed by atoms with Crippen LogP contribution in [0.4, 0.5) is 4.79 Å². The summed E-state index contributed by atoms with van der Waals surface area (Å²) in [5.74, 6) is -1.01. The first-order chi connectivity index (χ1) is 9.54. The first kappa shape index (κ1) is 16.3. The number of nitrogens with zero attached hydrogens (tertiary/aromatic N) is 1. The Morgan fingerprint density at radius 2 is 1.90 bits per heavy atom. The van der Waals surface area contributed by atoms with Crippen LogP contribution in [0.15, 0.2) is 0 Å². The lowest BCUT2D eigenvalue weighted by atomic mass is 10.2. The first-order valence-electron chi connectivity index (χ1n) is 7.09. The Labute approximate surface area is 118 Å². The van der Waals surface area contributed by atoms with E-state index in [-0.39, 0.29) is 18.9 Å². The number of nitrogens with one attached hydrogen (secondary N) is 2. The molecule has 0 saturated carbocycles. The molecule has 1 aliphatic heterocycles. The van der Waals surface area contributed by atoms with Crippen LogP contribution in [0.25, 0.3) is 0 Å². The number of urea groups is 1. The Bertz CT molecular complexity index is 354. The molecule has 1 saturated heterocycles. The number of hydrogen-bond donors (Lipinski definition) is 3. The molecular weight excluding hydrogens is 262 g/mol. The van der Waals surface area contributed by atoms with Gasteiger partial charge < -0.3 is 20.6 Å². The van der Waals surface area contributed by atoms with Crippen molar-refractivity contribution >= 4 is 17.9 Å². The fraction of sp³-hybridized carbons (Fsp3) is 0.769. The van der Waals surface area contributed by atoms with Gasteiger partial charge in [-0.1, -0.05) is 13.3 Å². The fourth-order valence-corrected chi connectivity index (χ4v) is 2.16. The summed E-state index contributed by atoms with van der Waals surface area (Å²) in [7, 11) is 0. The second kappa shape index (κ2) is 8.39. The summed E-state index contributed by atoms with van der Waals surface area (Å²) in [4.78, 5) is 35.9. The van der Waals surface area contributed by atoms with Crippen LogP contribution in [0.5, 0.6) is 0 Å². The van der Waals surface area contributed by atoms with Crippen LogP contribution in [0.3, 0.4) is 0 Å². The van der Waals surface area contributed by atoms with Crippen LogP contribution in [-0.2, 0) is 9.59 Å². The zero-order valence-electron chi connectivity index (χ0n) is 11.9. The van der Waals surface area contributed by atoms with Gasteiger partial charge in [-0.05, 0) is 19.3 Å². The highest BCUT2D eigenvalue weighted by Crippen LogP contribution is 2.08. The minimum Gasteiger partial charge on any atom is -0.480 e. The van der Waals surface area contributed by atoms with E-state index < -0.39 is 18.0 Å². The quantitative estimate of drug-likeness (QED) is 0.636. The number of amides is 3. The molecule has 3 amide bonds. The number of aliphatic carboxylic acids is 1. The summed E-state index contributed by atoms with van der Waals surface area (Å²) >= 11 is 0. The van der Waals surface area contributed by atoms with Crippen LogP contribution in [0.2, 0.25) is 0 Å². The molecule has 1 unspecified atom stereocenters. The summed E-state index contributed by atoms with van der Waals surface area (Å²) in [5, 5.41) is 13.8. The molecule has 0 aromatic heterocycles. The number of carbonyl (C=O) groups is 3. The number of carboxylic acids is 1. The Morgan fingerprint density at radius 3 is 2.45 bits per heavy atom. The normalized spacial score (nSPS) is 15.8. The van der Waals surface area contributed by atoms with Gasteiger partial charge in [0.1, 0.15) is 6.04 Å². The van der Waals surface area contributed by atoms with Crippen LogP contribution in [0, 0.1) is 0 Å². The molecule has 0 aliphatic carbocycles. The van der Waals surface area contributed by atoms with Crippen molar-refractivity contribution in [2.24, 2.45) is 0 Å². The Kier molecular flexibility index (Phi) is 6.83. The second-order valence-corrected chi connectivity index (χ2v) is 4.92. The van der Waals surface area contributed by atoms with E-state index in [2.05, 4.69) is 10.6 Å². The summed E-state index contributed by atoms with van der Waals surface area (Å²) in [6, 6.07) is -1.42. The Hall–Kier alpha value is -1.79. The molecule has 1 heterocycles. The molecule has 20 heavy (non-hydrogen) atoms. The zero-order chi connectivity index (χ0) is 15.0. The van der Waals surface area contributed by atoms with Gasteiger partial charge >= 0.3 is 12.0 Å². The third kappa shape index (κ3) is 5.46. The van der Waals surface area contributed by atoms with Gasteiger partial charge in [-0.25, -0.2) is 9.59 Å². The summed E-state index contributed by atoms with van der Waals surface area (Å²) in [6.45, 7) is 3.66. The van der Waals surface area contributed by atoms with E-state index in [4.69, 9.17) is 5.11 Å². The van der Waals surface area contributed by atoms with Crippen LogP contribution >= 0.6 is 0 Å². The largest absolute Gasteiger partial charge is 0.480 e. The second-order valence-electron chi connectivity index (χ2n) is 4.92. The molecule has 1 aliphatic rings. The van der Waals surface area contributed by atoms with Gasteiger partial charge in [0.2, 0.25) is 5.91 Å². The number of rotatable bonds is 7. The predicted molar refractivity (Wildman–Crippen MR) is 73.3 cm³/mol. The summed E-state index contributed by atoms with van der Waals surface area (Å²) < 4.78 is 0. The van der Waals surface area contributed by atoms with E-state index in [1.807, 2.05) is 6.92 Å². The van der Waals surface area contributed by atoms with Gasteiger partial charge in [0, 0.05) is 26.1 Å². The van der Waals surface area contributed by atoms with E-state index >= 15 is 0 Å². The fourth-order valence-electron chi connectivity index (χ4n) is 2.16. The molecule has 7 nitrogen and oxygen atoms in total. The van der Waals surface area contributed by atoms with Gasteiger partial charge in [0.15, 0.2) is 0 Å². The highest BCUT2D eigenvalue weighted by Gasteiger charge is 2.20. The number of carboxylic acid groups (broad SMARTS) is 1. The average Bonchev–Trinajstić information content (AvgIpc) is 2.91. The molecule has 1 fully saturated rings. The number of likely N-dealkylation sites (tertiary alicyclic amines) is 1. The molecule has 0 spiro atoms. The van der Waals surface area contributed by atoms with Gasteiger partial charge in [0.05, 0.1) is 0 Å². The average molecular weight is 285 g/mol. The van der Waals surface area contributed by atoms with Crippen LogP contribution in [0.1, 0.15) is 39.0 Å². The van der Waals surface area contributed by atoms with Crippen molar-refractivity contribution in [3.8, 4) is 0 Å². The van der Waals surface area contributed by atoms with Crippen LogP contribution in [-0.4, -0.2) is 53.6 Å². The SMILES string of the molecule is CCCC(NC(=O)NCCC(=O)N1CCCC1)C(=O)O. The van der Waals surface area contributed by atoms with Gasteiger partial charge in [-0.2, -0.15) is 0 Å². The lowest BCUT2D eigenvalue weighted by Gasteiger charge is -2.16. The van der Waals surface area contributed by atoms with Crippen molar-refractivity contribution in [2.75, 3.05) is 19.6 Å². The van der Waals surface area contributed by atoms with E-state index in [0.717, 1.165) is 25.9 Å². The lowest BCUT2D eigenvalue weighted by molar-refractivity contribution is -0.139. The van der Waals surface area contributed by atoms with Crippen molar-refractivity contribution < 1.29 is 19.5 Å².